The summed E-state index contributed by atoms with van der Waals surface area (Å²) in [5.41, 5.74) is 1.45. The largest absolute Gasteiger partial charge is 0.384 e. The van der Waals surface area contributed by atoms with Crippen LogP contribution < -0.4 is 0 Å². The van der Waals surface area contributed by atoms with E-state index in [1.54, 1.807) is 7.11 Å². The summed E-state index contributed by atoms with van der Waals surface area (Å²) in [6, 6.07) is -0.198. The van der Waals surface area contributed by atoms with E-state index in [1.807, 2.05) is 4.90 Å². The number of aryl methyl sites for hydroxylation is 1. The summed E-state index contributed by atoms with van der Waals surface area (Å²) in [5, 5.41) is 8.11. The van der Waals surface area contributed by atoms with Crippen LogP contribution in [0.1, 0.15) is 71.7 Å². The SMILES string of the molecule is COCCc1noc([C@@H]2CCCCN2C(=O)c2noc3c2CCCC3)n1. The van der Waals surface area contributed by atoms with Crippen molar-refractivity contribution in [3.63, 3.8) is 0 Å². The molecule has 0 aromatic carbocycles. The monoisotopic (exact) mass is 360 g/mol. The van der Waals surface area contributed by atoms with Crippen LogP contribution >= 0.6 is 0 Å². The molecule has 1 fully saturated rings. The molecule has 2 aromatic rings. The fourth-order valence-corrected chi connectivity index (χ4v) is 3.82. The molecule has 26 heavy (non-hydrogen) atoms. The van der Waals surface area contributed by atoms with Gasteiger partial charge in [-0.25, -0.2) is 0 Å². The van der Waals surface area contributed by atoms with Gasteiger partial charge in [-0.2, -0.15) is 4.98 Å². The first-order valence-corrected chi connectivity index (χ1v) is 9.37. The van der Waals surface area contributed by atoms with E-state index in [0.717, 1.165) is 56.3 Å². The highest BCUT2D eigenvalue weighted by Gasteiger charge is 2.36. The smallest absolute Gasteiger partial charge is 0.277 e. The Bertz CT molecular complexity index is 769. The number of likely N-dealkylation sites (tertiary alicyclic amines) is 1. The van der Waals surface area contributed by atoms with Gasteiger partial charge in [-0.15, -0.1) is 0 Å². The maximum absolute atomic E-state index is 13.2. The fourth-order valence-electron chi connectivity index (χ4n) is 3.82. The average Bonchev–Trinajstić information content (AvgIpc) is 3.33. The number of rotatable bonds is 5. The van der Waals surface area contributed by atoms with Gasteiger partial charge in [0, 0.05) is 32.1 Å². The third kappa shape index (κ3) is 3.25. The van der Waals surface area contributed by atoms with Crippen molar-refractivity contribution in [3.8, 4) is 0 Å². The quantitative estimate of drug-likeness (QED) is 0.808. The molecule has 2 aliphatic rings. The average molecular weight is 360 g/mol. The molecule has 1 amide bonds. The highest BCUT2D eigenvalue weighted by Crippen LogP contribution is 2.33. The molecule has 0 N–H and O–H groups in total. The standard InChI is InChI=1S/C18H24N4O4/c1-24-11-9-15-19-17(26-20-15)13-7-4-5-10-22(13)18(23)16-12-6-2-3-8-14(12)25-21-16/h13H,2-11H2,1H3/t13-/m0/s1. The van der Waals surface area contributed by atoms with Gasteiger partial charge in [0.05, 0.1) is 6.61 Å². The Morgan fingerprint density at radius 2 is 2.08 bits per heavy atom. The van der Waals surface area contributed by atoms with Crippen molar-refractivity contribution in [3.05, 3.63) is 28.7 Å². The molecule has 1 aliphatic heterocycles. The predicted octanol–water partition coefficient (Wildman–Crippen LogP) is 2.49. The Morgan fingerprint density at radius 3 is 2.96 bits per heavy atom. The molecular formula is C18H24N4O4. The topological polar surface area (TPSA) is 94.5 Å². The maximum atomic E-state index is 13.2. The summed E-state index contributed by atoms with van der Waals surface area (Å²) in [5.74, 6) is 1.89. The zero-order chi connectivity index (χ0) is 17.9. The van der Waals surface area contributed by atoms with Crippen LogP contribution in [0.5, 0.6) is 0 Å². The zero-order valence-corrected chi connectivity index (χ0v) is 15.1. The molecule has 0 spiro atoms. The van der Waals surface area contributed by atoms with E-state index in [-0.39, 0.29) is 11.9 Å². The van der Waals surface area contributed by atoms with E-state index >= 15 is 0 Å². The lowest BCUT2D eigenvalue weighted by Crippen LogP contribution is -2.39. The summed E-state index contributed by atoms with van der Waals surface area (Å²) in [7, 11) is 1.64. The van der Waals surface area contributed by atoms with Crippen LogP contribution in [0.4, 0.5) is 0 Å². The number of ether oxygens (including phenoxy) is 1. The van der Waals surface area contributed by atoms with Crippen molar-refractivity contribution >= 4 is 5.91 Å². The molecule has 1 saturated heterocycles. The number of hydrogen-bond acceptors (Lipinski definition) is 7. The van der Waals surface area contributed by atoms with Crippen LogP contribution in [0.15, 0.2) is 9.05 Å². The number of piperidine rings is 1. The molecule has 2 aromatic heterocycles. The van der Waals surface area contributed by atoms with Crippen LogP contribution in [0.2, 0.25) is 0 Å². The van der Waals surface area contributed by atoms with E-state index in [9.17, 15) is 4.79 Å². The van der Waals surface area contributed by atoms with Crippen LogP contribution in [0.25, 0.3) is 0 Å². The van der Waals surface area contributed by atoms with E-state index in [4.69, 9.17) is 13.8 Å². The molecule has 140 valence electrons. The molecule has 0 bridgehead atoms. The Morgan fingerprint density at radius 1 is 1.19 bits per heavy atom. The Kier molecular flexibility index (Phi) is 5.01. The predicted molar refractivity (Wildman–Crippen MR) is 90.7 cm³/mol. The number of carbonyl (C=O) groups is 1. The van der Waals surface area contributed by atoms with Crippen molar-refractivity contribution < 1.29 is 18.6 Å². The third-order valence-corrected chi connectivity index (χ3v) is 5.22. The second kappa shape index (κ2) is 7.57. The van der Waals surface area contributed by atoms with Gasteiger partial charge in [-0.1, -0.05) is 10.3 Å². The number of aromatic nitrogens is 3. The number of amides is 1. The number of methoxy groups -OCH3 is 1. The van der Waals surface area contributed by atoms with E-state index in [1.165, 1.54) is 0 Å². The Balaban J connectivity index is 1.56. The summed E-state index contributed by atoms with van der Waals surface area (Å²) in [4.78, 5) is 19.5. The van der Waals surface area contributed by atoms with Gasteiger partial charge in [0.15, 0.2) is 11.5 Å². The highest BCUT2D eigenvalue weighted by molar-refractivity contribution is 5.94. The second-order valence-electron chi connectivity index (χ2n) is 6.94. The normalized spacial score (nSPS) is 20.2. The minimum Gasteiger partial charge on any atom is -0.384 e. The molecule has 3 heterocycles. The van der Waals surface area contributed by atoms with E-state index in [0.29, 0.717) is 37.0 Å². The van der Waals surface area contributed by atoms with Crippen LogP contribution in [-0.2, 0) is 24.0 Å². The maximum Gasteiger partial charge on any atom is 0.277 e. The van der Waals surface area contributed by atoms with Crippen molar-refractivity contribution in [2.75, 3.05) is 20.3 Å². The molecular weight excluding hydrogens is 336 g/mol. The summed E-state index contributed by atoms with van der Waals surface area (Å²) < 4.78 is 15.9. The highest BCUT2D eigenvalue weighted by atomic mass is 16.5. The van der Waals surface area contributed by atoms with Gasteiger partial charge in [0.25, 0.3) is 5.91 Å². The number of carbonyl (C=O) groups excluding carboxylic acids is 1. The minimum atomic E-state index is -0.198. The molecule has 0 unspecified atom stereocenters. The lowest BCUT2D eigenvalue weighted by Gasteiger charge is -2.33. The molecule has 1 aliphatic carbocycles. The Hall–Kier alpha value is -2.22. The molecule has 0 radical (unpaired) electrons. The first kappa shape index (κ1) is 17.2. The van der Waals surface area contributed by atoms with Gasteiger partial charge < -0.3 is 18.7 Å². The van der Waals surface area contributed by atoms with Gasteiger partial charge in [0.2, 0.25) is 5.89 Å². The first-order chi connectivity index (χ1) is 12.8. The van der Waals surface area contributed by atoms with Gasteiger partial charge >= 0.3 is 0 Å². The third-order valence-electron chi connectivity index (χ3n) is 5.22. The second-order valence-corrected chi connectivity index (χ2v) is 6.94. The van der Waals surface area contributed by atoms with Crippen LogP contribution in [0.3, 0.4) is 0 Å². The van der Waals surface area contributed by atoms with Crippen molar-refractivity contribution in [2.45, 2.75) is 57.4 Å². The van der Waals surface area contributed by atoms with Crippen LogP contribution in [0, 0.1) is 0 Å². The van der Waals surface area contributed by atoms with E-state index < -0.39 is 0 Å². The van der Waals surface area contributed by atoms with Crippen LogP contribution in [-0.4, -0.2) is 46.4 Å². The lowest BCUT2D eigenvalue weighted by molar-refractivity contribution is 0.0550. The summed E-state index contributed by atoms with van der Waals surface area (Å²) >= 11 is 0. The van der Waals surface area contributed by atoms with Crippen molar-refractivity contribution in [2.24, 2.45) is 0 Å². The number of fused-ring (bicyclic) bond motifs is 1. The van der Waals surface area contributed by atoms with Gasteiger partial charge in [0.1, 0.15) is 11.8 Å². The molecule has 4 rings (SSSR count). The lowest BCUT2D eigenvalue weighted by atomic mass is 9.95. The Labute approximate surface area is 151 Å². The fraction of sp³-hybridized carbons (Fsp3) is 0.667. The minimum absolute atomic E-state index is 0.0850. The molecule has 8 heteroatoms. The van der Waals surface area contributed by atoms with Gasteiger partial charge in [-0.05, 0) is 38.5 Å². The summed E-state index contributed by atoms with van der Waals surface area (Å²) in [6.07, 6.45) is 7.30. The molecule has 8 nitrogen and oxygen atoms in total. The zero-order valence-electron chi connectivity index (χ0n) is 15.1. The summed E-state index contributed by atoms with van der Waals surface area (Å²) in [6.45, 7) is 1.21. The van der Waals surface area contributed by atoms with Crippen molar-refractivity contribution in [1.82, 2.24) is 20.2 Å². The van der Waals surface area contributed by atoms with Gasteiger partial charge in [-0.3, -0.25) is 4.79 Å². The number of nitrogens with zero attached hydrogens (tertiary/aromatic N) is 4. The first-order valence-electron chi connectivity index (χ1n) is 9.37. The molecule has 1 atom stereocenters. The van der Waals surface area contributed by atoms with E-state index in [2.05, 4.69) is 15.3 Å². The molecule has 0 saturated carbocycles. The number of hydrogen-bond donors (Lipinski definition) is 0. The van der Waals surface area contributed by atoms with Crippen molar-refractivity contribution in [1.29, 1.82) is 0 Å².